The largest absolute Gasteiger partial charge is 0.320 e. The number of benzene rings is 2. The molecule has 0 radical (unpaired) electrons. The second kappa shape index (κ2) is 6.66. The molecule has 23 heavy (non-hydrogen) atoms. The highest BCUT2D eigenvalue weighted by Crippen LogP contribution is 2.20. The number of amides is 1. The minimum Gasteiger partial charge on any atom is -0.320 e. The second-order valence-electron chi connectivity index (χ2n) is 4.96. The summed E-state index contributed by atoms with van der Waals surface area (Å²) in [5.41, 5.74) is 2.65. The summed E-state index contributed by atoms with van der Waals surface area (Å²) in [5.74, 6) is -0.261. The minimum atomic E-state index is -0.261. The van der Waals surface area contributed by atoms with Gasteiger partial charge in [-0.2, -0.15) is 0 Å². The van der Waals surface area contributed by atoms with Crippen LogP contribution in [0, 0.1) is 6.92 Å². The Morgan fingerprint density at radius 3 is 2.65 bits per heavy atom. The predicted molar refractivity (Wildman–Crippen MR) is 92.3 cm³/mol. The zero-order valence-corrected chi connectivity index (χ0v) is 13.7. The Kier molecular flexibility index (Phi) is 4.43. The zero-order valence-electron chi connectivity index (χ0n) is 12.9. The average Bonchev–Trinajstić information content (AvgIpc) is 2.97. The summed E-state index contributed by atoms with van der Waals surface area (Å²) in [6, 6.07) is 17.3. The van der Waals surface area contributed by atoms with Gasteiger partial charge in [0.25, 0.3) is 5.91 Å². The van der Waals surface area contributed by atoms with E-state index in [-0.39, 0.29) is 5.91 Å². The molecule has 0 fully saturated rings. The van der Waals surface area contributed by atoms with Gasteiger partial charge in [0.15, 0.2) is 5.69 Å². The molecule has 1 amide bonds. The van der Waals surface area contributed by atoms with Gasteiger partial charge >= 0.3 is 0 Å². The summed E-state index contributed by atoms with van der Waals surface area (Å²) in [4.78, 5) is 13.5. The summed E-state index contributed by atoms with van der Waals surface area (Å²) < 4.78 is 1.66. The third-order valence-corrected chi connectivity index (χ3v) is 4.16. The number of nitrogens with zero attached hydrogens (tertiary/aromatic N) is 3. The van der Waals surface area contributed by atoms with E-state index in [1.807, 2.05) is 67.8 Å². The van der Waals surface area contributed by atoms with Gasteiger partial charge in [-0.3, -0.25) is 4.79 Å². The van der Waals surface area contributed by atoms with Gasteiger partial charge in [-0.05, 0) is 43.5 Å². The quantitative estimate of drug-likeness (QED) is 0.746. The third-order valence-electron chi connectivity index (χ3n) is 3.44. The number of carbonyl (C=O) groups excluding carboxylic acids is 1. The summed E-state index contributed by atoms with van der Waals surface area (Å²) in [5, 5.41) is 11.0. The van der Waals surface area contributed by atoms with Gasteiger partial charge in [-0.25, -0.2) is 4.68 Å². The summed E-state index contributed by atoms with van der Waals surface area (Å²) >= 11 is 1.63. The average molecular weight is 324 g/mol. The molecule has 1 aromatic heterocycles. The van der Waals surface area contributed by atoms with Gasteiger partial charge in [0, 0.05) is 10.6 Å². The molecule has 3 rings (SSSR count). The number of nitrogens with one attached hydrogen (secondary N) is 1. The first kappa shape index (κ1) is 15.3. The first-order valence-corrected chi connectivity index (χ1v) is 8.34. The van der Waals surface area contributed by atoms with Crippen molar-refractivity contribution < 1.29 is 4.79 Å². The van der Waals surface area contributed by atoms with Crippen molar-refractivity contribution in [2.24, 2.45) is 0 Å². The highest BCUT2D eigenvalue weighted by Gasteiger charge is 2.17. The molecule has 0 atom stereocenters. The van der Waals surface area contributed by atoms with Gasteiger partial charge in [-0.1, -0.05) is 29.5 Å². The summed E-state index contributed by atoms with van der Waals surface area (Å²) in [6.45, 7) is 1.83. The van der Waals surface area contributed by atoms with Crippen LogP contribution in [0.2, 0.25) is 0 Å². The van der Waals surface area contributed by atoms with Crippen molar-refractivity contribution in [1.82, 2.24) is 15.0 Å². The van der Waals surface area contributed by atoms with E-state index < -0.39 is 0 Å². The van der Waals surface area contributed by atoms with Crippen LogP contribution >= 0.6 is 11.8 Å². The lowest BCUT2D eigenvalue weighted by atomic mass is 10.2. The van der Waals surface area contributed by atoms with Crippen molar-refractivity contribution in [3.63, 3.8) is 0 Å². The number of thioether (sulfide) groups is 1. The molecule has 116 valence electrons. The molecule has 0 saturated heterocycles. The number of rotatable bonds is 4. The van der Waals surface area contributed by atoms with Gasteiger partial charge in [-0.15, -0.1) is 16.9 Å². The first-order chi connectivity index (χ1) is 11.2. The van der Waals surface area contributed by atoms with Gasteiger partial charge in [0.1, 0.15) is 0 Å². The Morgan fingerprint density at radius 1 is 1.13 bits per heavy atom. The summed E-state index contributed by atoms with van der Waals surface area (Å²) in [7, 11) is 0. The maximum atomic E-state index is 12.4. The molecule has 0 spiro atoms. The number of para-hydroxylation sites is 1. The van der Waals surface area contributed by atoms with Crippen LogP contribution in [0.4, 0.5) is 5.69 Å². The van der Waals surface area contributed by atoms with Gasteiger partial charge in [0.2, 0.25) is 0 Å². The molecule has 1 N–H and O–H groups in total. The zero-order chi connectivity index (χ0) is 16.2. The SMILES string of the molecule is CSc1cccc(NC(=O)c2nnn(-c3ccccc3)c2C)c1. The lowest BCUT2D eigenvalue weighted by Crippen LogP contribution is -2.14. The highest BCUT2D eigenvalue weighted by atomic mass is 32.2. The Bertz CT molecular complexity index is 830. The fourth-order valence-electron chi connectivity index (χ4n) is 2.24. The van der Waals surface area contributed by atoms with Crippen LogP contribution in [0.1, 0.15) is 16.2 Å². The monoisotopic (exact) mass is 324 g/mol. The van der Waals surface area contributed by atoms with E-state index in [1.165, 1.54) is 0 Å². The summed E-state index contributed by atoms with van der Waals surface area (Å²) in [6.07, 6.45) is 2.00. The minimum absolute atomic E-state index is 0.261. The van der Waals surface area contributed by atoms with Gasteiger partial charge < -0.3 is 5.32 Å². The predicted octanol–water partition coefficient (Wildman–Crippen LogP) is 3.55. The van der Waals surface area contributed by atoms with Crippen molar-refractivity contribution in [3.8, 4) is 5.69 Å². The van der Waals surface area contributed by atoms with Crippen molar-refractivity contribution in [1.29, 1.82) is 0 Å². The lowest BCUT2D eigenvalue weighted by Gasteiger charge is -2.06. The maximum absolute atomic E-state index is 12.4. The fraction of sp³-hybridized carbons (Fsp3) is 0.118. The van der Waals surface area contributed by atoms with Crippen LogP contribution in [0.5, 0.6) is 0 Å². The van der Waals surface area contributed by atoms with Crippen LogP contribution in [-0.2, 0) is 0 Å². The molecule has 5 nitrogen and oxygen atoms in total. The Balaban J connectivity index is 1.84. The normalized spacial score (nSPS) is 10.5. The number of anilines is 1. The first-order valence-electron chi connectivity index (χ1n) is 7.12. The molecule has 2 aromatic carbocycles. The van der Waals surface area contributed by atoms with Crippen LogP contribution < -0.4 is 5.32 Å². The van der Waals surface area contributed by atoms with Crippen LogP contribution in [0.3, 0.4) is 0 Å². The molecule has 0 aliphatic carbocycles. The molecule has 0 aliphatic heterocycles. The van der Waals surface area contributed by atoms with E-state index in [2.05, 4.69) is 15.6 Å². The van der Waals surface area contributed by atoms with E-state index >= 15 is 0 Å². The number of hydrogen-bond acceptors (Lipinski definition) is 4. The molecule has 0 bridgehead atoms. The number of carbonyl (C=O) groups is 1. The van der Waals surface area contributed by atoms with Crippen molar-refractivity contribution >= 4 is 23.4 Å². The van der Waals surface area contributed by atoms with Crippen LogP contribution in [0.15, 0.2) is 59.5 Å². The highest BCUT2D eigenvalue weighted by molar-refractivity contribution is 7.98. The lowest BCUT2D eigenvalue weighted by molar-refractivity contribution is 0.102. The van der Waals surface area contributed by atoms with Crippen LogP contribution in [0.25, 0.3) is 5.69 Å². The topological polar surface area (TPSA) is 59.8 Å². The van der Waals surface area contributed by atoms with Gasteiger partial charge in [0.05, 0.1) is 11.4 Å². The fourth-order valence-corrected chi connectivity index (χ4v) is 2.70. The van der Waals surface area contributed by atoms with E-state index in [9.17, 15) is 4.79 Å². The standard InChI is InChI=1S/C17H16N4OS/c1-12-16(19-20-21(12)14-8-4-3-5-9-14)17(22)18-13-7-6-10-15(11-13)23-2/h3-11H,1-2H3,(H,18,22). The number of aromatic nitrogens is 3. The van der Waals surface area contributed by atoms with E-state index in [1.54, 1.807) is 16.4 Å². The molecular formula is C17H16N4OS. The molecule has 1 heterocycles. The van der Waals surface area contributed by atoms with Crippen LogP contribution in [-0.4, -0.2) is 27.2 Å². The van der Waals surface area contributed by atoms with Crippen molar-refractivity contribution in [3.05, 3.63) is 66.0 Å². The maximum Gasteiger partial charge on any atom is 0.278 e. The van der Waals surface area contributed by atoms with Crippen molar-refractivity contribution in [2.75, 3.05) is 11.6 Å². The molecular weight excluding hydrogens is 308 g/mol. The smallest absolute Gasteiger partial charge is 0.278 e. The molecule has 0 unspecified atom stereocenters. The Morgan fingerprint density at radius 2 is 1.91 bits per heavy atom. The van der Waals surface area contributed by atoms with Crippen molar-refractivity contribution in [2.45, 2.75) is 11.8 Å². The Labute approximate surface area is 138 Å². The third kappa shape index (κ3) is 3.27. The molecule has 6 heteroatoms. The second-order valence-corrected chi connectivity index (χ2v) is 5.84. The van der Waals surface area contributed by atoms with E-state index in [0.717, 1.165) is 16.3 Å². The number of hydrogen-bond donors (Lipinski definition) is 1. The molecule has 3 aromatic rings. The van der Waals surface area contributed by atoms with E-state index in [4.69, 9.17) is 0 Å². The Hall–Kier alpha value is -2.60. The molecule has 0 aliphatic rings. The van der Waals surface area contributed by atoms with E-state index in [0.29, 0.717) is 11.4 Å². The molecule has 0 saturated carbocycles.